The minimum Gasteiger partial charge on any atom is -0.479 e. The number of carboxylic acid groups (broad SMARTS) is 1. The maximum absolute atomic E-state index is 13.1. The first-order chi connectivity index (χ1) is 7.11. The van der Waals surface area contributed by atoms with Gasteiger partial charge in [0.2, 0.25) is 6.61 Å². The van der Waals surface area contributed by atoms with Crippen LogP contribution in [0.1, 0.15) is 5.56 Å². The van der Waals surface area contributed by atoms with Crippen LogP contribution in [0, 0.1) is 5.82 Å². The van der Waals surface area contributed by atoms with E-state index in [-0.39, 0.29) is 10.6 Å². The quantitative estimate of drug-likeness (QED) is 0.636. The van der Waals surface area contributed by atoms with Crippen molar-refractivity contribution in [3.8, 4) is 0 Å². The van der Waals surface area contributed by atoms with Gasteiger partial charge >= 0.3 is 5.97 Å². The Hall–Kier alpha value is -1.62. The molecule has 15 heavy (non-hydrogen) atoms. The standard InChI is InChI=1S/C9H7ClFNO3/c10-7-2-1-3-8(11)6(7)4-12-15-5-9(13)14/h1-4H,5H2,(H,13,14)/b12-4+. The molecule has 1 aromatic carbocycles. The summed E-state index contributed by atoms with van der Waals surface area (Å²) in [6, 6.07) is 4.15. The zero-order valence-corrected chi connectivity index (χ0v) is 8.24. The summed E-state index contributed by atoms with van der Waals surface area (Å²) >= 11 is 5.67. The van der Waals surface area contributed by atoms with E-state index in [0.29, 0.717) is 0 Å². The smallest absolute Gasteiger partial charge is 0.344 e. The van der Waals surface area contributed by atoms with Crippen molar-refractivity contribution in [3.05, 3.63) is 34.6 Å². The molecule has 1 aromatic rings. The van der Waals surface area contributed by atoms with Crippen LogP contribution >= 0.6 is 11.6 Å². The number of hydrogen-bond acceptors (Lipinski definition) is 3. The maximum Gasteiger partial charge on any atom is 0.344 e. The van der Waals surface area contributed by atoms with Gasteiger partial charge in [0.15, 0.2) is 0 Å². The Morgan fingerprint density at radius 1 is 1.67 bits per heavy atom. The fraction of sp³-hybridized carbons (Fsp3) is 0.111. The molecular formula is C9H7ClFNO3. The first kappa shape index (κ1) is 11.5. The van der Waals surface area contributed by atoms with E-state index in [1.54, 1.807) is 0 Å². The fourth-order valence-corrected chi connectivity index (χ4v) is 1.03. The number of carboxylic acids is 1. The third-order valence-electron chi connectivity index (χ3n) is 1.44. The summed E-state index contributed by atoms with van der Waals surface area (Å²) in [4.78, 5) is 14.4. The molecular weight excluding hydrogens is 225 g/mol. The molecule has 0 aliphatic heterocycles. The average Bonchev–Trinajstić information content (AvgIpc) is 2.15. The number of halogens is 2. The molecule has 6 heteroatoms. The first-order valence-electron chi connectivity index (χ1n) is 3.92. The van der Waals surface area contributed by atoms with Crippen LogP contribution in [0.25, 0.3) is 0 Å². The van der Waals surface area contributed by atoms with E-state index in [1.807, 2.05) is 0 Å². The molecule has 0 spiro atoms. The Balaban J connectivity index is 2.67. The van der Waals surface area contributed by atoms with Crippen LogP contribution in [0.4, 0.5) is 4.39 Å². The Bertz CT molecular complexity index is 375. The van der Waals surface area contributed by atoms with E-state index in [0.717, 1.165) is 6.21 Å². The molecule has 0 saturated carbocycles. The molecule has 0 aliphatic carbocycles. The highest BCUT2D eigenvalue weighted by atomic mass is 35.5. The molecule has 0 unspecified atom stereocenters. The van der Waals surface area contributed by atoms with Crippen LogP contribution in [0.15, 0.2) is 23.4 Å². The lowest BCUT2D eigenvalue weighted by Gasteiger charge is -1.98. The number of oxime groups is 1. The number of aliphatic carboxylic acids is 1. The summed E-state index contributed by atoms with van der Waals surface area (Å²) in [5.41, 5.74) is 0.0598. The third-order valence-corrected chi connectivity index (χ3v) is 1.77. The van der Waals surface area contributed by atoms with Gasteiger partial charge in [-0.1, -0.05) is 22.8 Å². The highest BCUT2D eigenvalue weighted by Crippen LogP contribution is 2.16. The van der Waals surface area contributed by atoms with E-state index >= 15 is 0 Å². The van der Waals surface area contributed by atoms with Crippen molar-refractivity contribution in [1.29, 1.82) is 0 Å². The zero-order valence-electron chi connectivity index (χ0n) is 7.48. The minimum absolute atomic E-state index is 0.0598. The molecule has 0 atom stereocenters. The van der Waals surface area contributed by atoms with E-state index in [1.165, 1.54) is 18.2 Å². The van der Waals surface area contributed by atoms with Gasteiger partial charge in [0.25, 0.3) is 0 Å². The molecule has 4 nitrogen and oxygen atoms in total. The zero-order chi connectivity index (χ0) is 11.3. The fourth-order valence-electron chi connectivity index (χ4n) is 0.817. The maximum atomic E-state index is 13.1. The number of carbonyl (C=O) groups is 1. The highest BCUT2D eigenvalue weighted by molar-refractivity contribution is 6.33. The van der Waals surface area contributed by atoms with Gasteiger partial charge in [-0.05, 0) is 12.1 Å². The van der Waals surface area contributed by atoms with Crippen LogP contribution < -0.4 is 0 Å². The second-order valence-electron chi connectivity index (χ2n) is 2.54. The molecule has 0 aliphatic rings. The molecule has 0 aromatic heterocycles. The molecule has 1 N–H and O–H groups in total. The monoisotopic (exact) mass is 231 g/mol. The molecule has 0 saturated heterocycles. The summed E-state index contributed by atoms with van der Waals surface area (Å²) in [5, 5.41) is 11.7. The lowest BCUT2D eigenvalue weighted by molar-refractivity contribution is -0.142. The molecule has 80 valence electrons. The topological polar surface area (TPSA) is 58.9 Å². The van der Waals surface area contributed by atoms with Crippen LogP contribution in [0.3, 0.4) is 0 Å². The van der Waals surface area contributed by atoms with Gasteiger partial charge in [-0.25, -0.2) is 9.18 Å². The number of benzene rings is 1. The van der Waals surface area contributed by atoms with E-state index in [4.69, 9.17) is 16.7 Å². The Kier molecular flexibility index (Phi) is 4.05. The predicted octanol–water partition coefficient (Wildman–Crippen LogP) is 1.91. The first-order valence-corrected chi connectivity index (χ1v) is 4.30. The lowest BCUT2D eigenvalue weighted by atomic mass is 10.2. The second kappa shape index (κ2) is 5.31. The van der Waals surface area contributed by atoms with Crippen LogP contribution in [0.5, 0.6) is 0 Å². The second-order valence-corrected chi connectivity index (χ2v) is 2.94. The predicted molar refractivity (Wildman–Crippen MR) is 52.6 cm³/mol. The third kappa shape index (κ3) is 3.55. The summed E-state index contributed by atoms with van der Waals surface area (Å²) in [6.45, 7) is -0.581. The van der Waals surface area contributed by atoms with Crippen molar-refractivity contribution in [2.24, 2.45) is 5.16 Å². The van der Waals surface area contributed by atoms with Crippen molar-refractivity contribution in [3.63, 3.8) is 0 Å². The Morgan fingerprint density at radius 2 is 2.40 bits per heavy atom. The largest absolute Gasteiger partial charge is 0.479 e. The van der Waals surface area contributed by atoms with Gasteiger partial charge in [-0.3, -0.25) is 0 Å². The van der Waals surface area contributed by atoms with Crippen LogP contribution in [-0.4, -0.2) is 23.9 Å². The van der Waals surface area contributed by atoms with Crippen LogP contribution in [0.2, 0.25) is 5.02 Å². The SMILES string of the molecule is O=C(O)CO/N=C/c1c(F)cccc1Cl. The number of nitrogens with zero attached hydrogens (tertiary/aromatic N) is 1. The molecule has 0 bridgehead atoms. The molecule has 1 rings (SSSR count). The number of rotatable bonds is 4. The normalized spacial score (nSPS) is 10.5. The van der Waals surface area contributed by atoms with Gasteiger partial charge in [0.1, 0.15) is 5.82 Å². The summed E-state index contributed by atoms with van der Waals surface area (Å²) in [7, 11) is 0. The van der Waals surface area contributed by atoms with Gasteiger partial charge in [-0.15, -0.1) is 0 Å². The van der Waals surface area contributed by atoms with Gasteiger partial charge in [-0.2, -0.15) is 0 Å². The lowest BCUT2D eigenvalue weighted by Crippen LogP contribution is -2.03. The summed E-state index contributed by atoms with van der Waals surface area (Å²) < 4.78 is 13.1. The van der Waals surface area contributed by atoms with Gasteiger partial charge in [0.05, 0.1) is 16.8 Å². The Labute approximate surface area is 89.9 Å². The van der Waals surface area contributed by atoms with Gasteiger partial charge in [0, 0.05) is 0 Å². The van der Waals surface area contributed by atoms with Crippen molar-refractivity contribution in [2.45, 2.75) is 0 Å². The van der Waals surface area contributed by atoms with Crippen molar-refractivity contribution in [2.75, 3.05) is 6.61 Å². The van der Waals surface area contributed by atoms with Crippen molar-refractivity contribution < 1.29 is 19.1 Å². The minimum atomic E-state index is -1.16. The summed E-state index contributed by atoms with van der Waals surface area (Å²) in [6.07, 6.45) is 1.03. The van der Waals surface area contributed by atoms with Crippen molar-refractivity contribution >= 4 is 23.8 Å². The van der Waals surface area contributed by atoms with E-state index < -0.39 is 18.4 Å². The molecule has 0 radical (unpaired) electrons. The van der Waals surface area contributed by atoms with Gasteiger partial charge < -0.3 is 9.94 Å². The van der Waals surface area contributed by atoms with E-state index in [2.05, 4.69) is 9.99 Å². The van der Waals surface area contributed by atoms with Crippen LogP contribution in [-0.2, 0) is 9.63 Å². The molecule has 0 amide bonds. The number of hydrogen-bond donors (Lipinski definition) is 1. The molecule has 0 fully saturated rings. The molecule has 0 heterocycles. The highest BCUT2D eigenvalue weighted by Gasteiger charge is 2.03. The average molecular weight is 232 g/mol. The summed E-state index contributed by atoms with van der Waals surface area (Å²) in [5.74, 6) is -1.71. The van der Waals surface area contributed by atoms with E-state index in [9.17, 15) is 9.18 Å². The Morgan fingerprint density at radius 3 is 3.00 bits per heavy atom. The van der Waals surface area contributed by atoms with Crippen molar-refractivity contribution in [1.82, 2.24) is 0 Å².